The minimum Gasteiger partial charge on any atom is -0.388 e. The van der Waals surface area contributed by atoms with Crippen molar-refractivity contribution in [3.63, 3.8) is 0 Å². The largest absolute Gasteiger partial charge is 0.388 e. The zero-order chi connectivity index (χ0) is 24.4. The maximum absolute atomic E-state index is 13.7. The molecular weight excluding hydrogens is 444 g/mol. The summed E-state index contributed by atoms with van der Waals surface area (Å²) in [6.45, 7) is 0. The molecule has 1 aliphatic carbocycles. The Bertz CT molecular complexity index is 1250. The van der Waals surface area contributed by atoms with Crippen molar-refractivity contribution in [1.82, 2.24) is 5.32 Å². The second kappa shape index (κ2) is 9.59. The number of hydrogen-bond donors (Lipinski definition) is 2. The molecule has 0 bridgehead atoms. The lowest BCUT2D eigenvalue weighted by molar-refractivity contribution is -0.140. The van der Waals surface area contributed by atoms with E-state index in [1.165, 1.54) is 29.8 Å². The minimum atomic E-state index is -0.816. The molecule has 35 heavy (non-hydrogen) atoms. The summed E-state index contributed by atoms with van der Waals surface area (Å²) in [5.41, 5.74) is 2.71. The highest BCUT2D eigenvalue weighted by molar-refractivity contribution is 5.90. The third-order valence-corrected chi connectivity index (χ3v) is 7.22. The number of allylic oxidation sites excluding steroid dienone is 4. The number of amides is 1. The van der Waals surface area contributed by atoms with Gasteiger partial charge in [-0.1, -0.05) is 72.8 Å². The van der Waals surface area contributed by atoms with Gasteiger partial charge in [-0.2, -0.15) is 0 Å². The summed E-state index contributed by atoms with van der Waals surface area (Å²) in [5, 5.41) is 13.8. The number of carbonyl (C=O) groups is 1. The van der Waals surface area contributed by atoms with Crippen LogP contribution in [0.25, 0.3) is 0 Å². The molecule has 5 heteroatoms. The number of rotatable bonds is 7. The number of aliphatic hydroxyl groups excluding tert-OH is 1. The maximum Gasteiger partial charge on any atom is 0.227 e. The van der Waals surface area contributed by atoms with Crippen LogP contribution in [0.1, 0.15) is 53.5 Å². The summed E-state index contributed by atoms with van der Waals surface area (Å²) < 4.78 is 27.0. The average Bonchev–Trinajstić information content (AvgIpc) is 2.88. The van der Waals surface area contributed by atoms with Crippen LogP contribution >= 0.6 is 0 Å². The Morgan fingerprint density at radius 2 is 1.49 bits per heavy atom. The third-order valence-electron chi connectivity index (χ3n) is 7.22. The van der Waals surface area contributed by atoms with Gasteiger partial charge in [0.05, 0.1) is 12.0 Å². The molecule has 4 atom stereocenters. The summed E-state index contributed by atoms with van der Waals surface area (Å²) in [4.78, 5) is 12.8. The van der Waals surface area contributed by atoms with E-state index in [0.29, 0.717) is 24.3 Å². The summed E-state index contributed by atoms with van der Waals surface area (Å²) in [5.74, 6) is -0.937. The molecule has 2 N–H and O–H groups in total. The van der Waals surface area contributed by atoms with E-state index < -0.39 is 17.6 Å². The SMILES string of the molecule is O=C1N[C@](c2ccc(F)cc2)(c2ccc(C3C=CC=CC3)cc2)[C@H]1CC[C@H](O)c1ccc(F)cc1. The van der Waals surface area contributed by atoms with Gasteiger partial charge in [0.15, 0.2) is 0 Å². The molecule has 1 aliphatic heterocycles. The molecule has 3 nitrogen and oxygen atoms in total. The Morgan fingerprint density at radius 3 is 2.06 bits per heavy atom. The summed E-state index contributed by atoms with van der Waals surface area (Å²) in [7, 11) is 0. The highest BCUT2D eigenvalue weighted by atomic mass is 19.1. The zero-order valence-electron chi connectivity index (χ0n) is 19.2. The Hall–Kier alpha value is -3.57. The fourth-order valence-electron chi connectivity index (χ4n) is 5.26. The first kappa shape index (κ1) is 23.2. The van der Waals surface area contributed by atoms with E-state index in [-0.39, 0.29) is 17.5 Å². The van der Waals surface area contributed by atoms with Gasteiger partial charge < -0.3 is 10.4 Å². The predicted molar refractivity (Wildman–Crippen MR) is 131 cm³/mol. The third kappa shape index (κ3) is 4.44. The predicted octanol–water partition coefficient (Wildman–Crippen LogP) is 6.07. The first-order valence-electron chi connectivity index (χ1n) is 11.9. The maximum atomic E-state index is 13.7. The van der Waals surface area contributed by atoms with Crippen molar-refractivity contribution in [3.8, 4) is 0 Å². The van der Waals surface area contributed by atoms with Crippen molar-refractivity contribution in [1.29, 1.82) is 0 Å². The summed E-state index contributed by atoms with van der Waals surface area (Å²) >= 11 is 0. The number of β-lactam (4-membered cyclic amide) rings is 1. The van der Waals surface area contributed by atoms with Crippen LogP contribution in [0.2, 0.25) is 0 Å². The van der Waals surface area contributed by atoms with Gasteiger partial charge in [0.25, 0.3) is 0 Å². The molecule has 2 aliphatic rings. The van der Waals surface area contributed by atoms with Gasteiger partial charge in [0.2, 0.25) is 5.91 Å². The molecule has 1 fully saturated rings. The smallest absolute Gasteiger partial charge is 0.227 e. The molecule has 1 unspecified atom stereocenters. The van der Waals surface area contributed by atoms with Gasteiger partial charge in [-0.05, 0) is 65.8 Å². The van der Waals surface area contributed by atoms with Gasteiger partial charge in [0, 0.05) is 5.92 Å². The van der Waals surface area contributed by atoms with Gasteiger partial charge in [-0.15, -0.1) is 0 Å². The highest BCUT2D eigenvalue weighted by Crippen LogP contribution is 2.47. The molecule has 5 rings (SSSR count). The normalized spacial score (nSPS) is 24.0. The van der Waals surface area contributed by atoms with Crippen molar-refractivity contribution >= 4 is 5.91 Å². The fourth-order valence-corrected chi connectivity index (χ4v) is 5.26. The molecule has 3 aromatic rings. The van der Waals surface area contributed by atoms with Crippen LogP contribution in [0, 0.1) is 17.6 Å². The van der Waals surface area contributed by atoms with Crippen LogP contribution in [-0.2, 0) is 10.3 Å². The Morgan fingerprint density at radius 1 is 0.886 bits per heavy atom. The van der Waals surface area contributed by atoms with E-state index in [4.69, 9.17) is 0 Å². The quantitative estimate of drug-likeness (QED) is 0.411. The molecule has 0 aromatic heterocycles. The molecule has 0 spiro atoms. The van der Waals surface area contributed by atoms with Crippen molar-refractivity contribution in [2.45, 2.75) is 36.8 Å². The van der Waals surface area contributed by atoms with E-state index in [9.17, 15) is 18.7 Å². The molecule has 1 heterocycles. The van der Waals surface area contributed by atoms with Gasteiger partial charge in [0.1, 0.15) is 17.2 Å². The number of aliphatic hydroxyl groups is 1. The van der Waals surface area contributed by atoms with Crippen molar-refractivity contribution in [2.24, 2.45) is 5.92 Å². The summed E-state index contributed by atoms with van der Waals surface area (Å²) in [6.07, 6.45) is 9.30. The van der Waals surface area contributed by atoms with Crippen LogP contribution in [0.3, 0.4) is 0 Å². The lowest BCUT2D eigenvalue weighted by atomic mass is 9.64. The monoisotopic (exact) mass is 471 g/mol. The molecule has 0 saturated carbocycles. The topological polar surface area (TPSA) is 49.3 Å². The highest BCUT2D eigenvalue weighted by Gasteiger charge is 2.55. The first-order chi connectivity index (χ1) is 17.0. The lowest BCUT2D eigenvalue weighted by Gasteiger charge is -2.50. The van der Waals surface area contributed by atoms with Crippen LogP contribution in [-0.4, -0.2) is 11.0 Å². The molecule has 1 amide bonds. The van der Waals surface area contributed by atoms with Crippen LogP contribution in [0.5, 0.6) is 0 Å². The number of carbonyl (C=O) groups excluding carboxylic acids is 1. The number of hydrogen-bond acceptors (Lipinski definition) is 2. The van der Waals surface area contributed by atoms with Crippen LogP contribution < -0.4 is 5.32 Å². The molecule has 3 aromatic carbocycles. The first-order valence-corrected chi connectivity index (χ1v) is 11.9. The van der Waals surface area contributed by atoms with Gasteiger partial charge in [-0.3, -0.25) is 4.79 Å². The lowest BCUT2D eigenvalue weighted by Crippen LogP contribution is -2.67. The average molecular weight is 472 g/mol. The van der Waals surface area contributed by atoms with Crippen LogP contribution in [0.15, 0.2) is 97.1 Å². The van der Waals surface area contributed by atoms with Crippen molar-refractivity contribution in [3.05, 3.63) is 131 Å². The van der Waals surface area contributed by atoms with E-state index in [2.05, 4.69) is 35.7 Å². The Balaban J connectivity index is 1.44. The second-order valence-electron chi connectivity index (χ2n) is 9.28. The fraction of sp³-hybridized carbons (Fsp3) is 0.233. The number of halogens is 2. The zero-order valence-corrected chi connectivity index (χ0v) is 19.2. The van der Waals surface area contributed by atoms with Gasteiger partial charge >= 0.3 is 0 Å². The minimum absolute atomic E-state index is 0.106. The second-order valence-corrected chi connectivity index (χ2v) is 9.28. The van der Waals surface area contributed by atoms with Crippen molar-refractivity contribution < 1.29 is 18.7 Å². The standard InChI is InChI=1S/C30H27F2NO2/c31-25-14-8-22(9-15-25)28(34)19-18-27-29(35)33-30(27,24-12-16-26(32)17-13-24)23-10-6-21(7-11-23)20-4-2-1-3-5-20/h1-4,6-17,20,27-28,34H,5,18-19H2,(H,33,35)/t20?,27-,28-,30-/m0/s1. The van der Waals surface area contributed by atoms with Crippen LogP contribution in [0.4, 0.5) is 8.78 Å². The number of nitrogens with one attached hydrogen (secondary N) is 1. The van der Waals surface area contributed by atoms with E-state index in [0.717, 1.165) is 17.5 Å². The van der Waals surface area contributed by atoms with E-state index in [1.54, 1.807) is 24.3 Å². The molecule has 1 saturated heterocycles. The summed E-state index contributed by atoms with van der Waals surface area (Å²) in [6, 6.07) is 20.2. The molecule has 0 radical (unpaired) electrons. The van der Waals surface area contributed by atoms with Gasteiger partial charge in [-0.25, -0.2) is 8.78 Å². The Kier molecular flexibility index (Phi) is 6.35. The number of benzene rings is 3. The molecular formula is C30H27F2NO2. The van der Waals surface area contributed by atoms with E-state index in [1.807, 2.05) is 18.2 Å². The molecule has 178 valence electrons. The van der Waals surface area contributed by atoms with Crippen molar-refractivity contribution in [2.75, 3.05) is 0 Å². The van der Waals surface area contributed by atoms with E-state index >= 15 is 0 Å². The Labute approximate surface area is 203 Å².